The number of hydrogen-bond donors (Lipinski definition) is 1. The van der Waals surface area contributed by atoms with Crippen LogP contribution in [0, 0.1) is 17.8 Å². The molecule has 5 atom stereocenters. The Bertz CT molecular complexity index is 435. The third kappa shape index (κ3) is 1.50. The molecule has 3 fully saturated rings. The fourth-order valence-electron chi connectivity index (χ4n) is 4.09. The monoisotopic (exact) mass is 248 g/mol. The molecule has 1 unspecified atom stereocenters. The normalized spacial score (nSPS) is 47.6. The lowest BCUT2D eigenvalue weighted by molar-refractivity contribution is -0.146. The number of carbonyl (C=O) groups is 1. The Morgan fingerprint density at radius 2 is 2.06 bits per heavy atom. The lowest BCUT2D eigenvalue weighted by Crippen LogP contribution is -2.42. The number of allylic oxidation sites excluding steroid dienone is 1. The van der Waals surface area contributed by atoms with Crippen LogP contribution in [-0.4, -0.2) is 22.8 Å². The summed E-state index contributed by atoms with van der Waals surface area (Å²) < 4.78 is 5.52. The molecule has 0 bridgehead atoms. The zero-order chi connectivity index (χ0) is 13.1. The Labute approximate surface area is 108 Å². The minimum atomic E-state index is -0.758. The third-order valence-electron chi connectivity index (χ3n) is 5.12. The Morgan fingerprint density at radius 3 is 2.78 bits per heavy atom. The zero-order valence-corrected chi connectivity index (χ0v) is 10.8. The second kappa shape index (κ2) is 3.70. The first-order valence-corrected chi connectivity index (χ1v) is 6.71. The molecule has 0 radical (unpaired) electrons. The molecule has 3 nitrogen and oxygen atoms in total. The summed E-state index contributed by atoms with van der Waals surface area (Å²) in [5.41, 5.74) is 1.03. The standard InChI is InChI=1S/C15H20O3/c1-8-4-5-11-9(2)14(16)18-13(11)12-10(8)6-7-15(12,3)17/h10-13,17H,1-2,4-7H2,3H3/t10?,11-,12-,13-,15+/m0/s1. The van der Waals surface area contributed by atoms with Crippen molar-refractivity contribution in [3.8, 4) is 0 Å². The average Bonchev–Trinajstić information content (AvgIpc) is 2.69. The molecule has 2 aliphatic carbocycles. The summed E-state index contributed by atoms with van der Waals surface area (Å²) in [7, 11) is 0. The van der Waals surface area contributed by atoms with Crippen LogP contribution < -0.4 is 0 Å². The molecule has 2 saturated carbocycles. The Morgan fingerprint density at radius 1 is 1.33 bits per heavy atom. The third-order valence-corrected chi connectivity index (χ3v) is 5.12. The molecule has 98 valence electrons. The maximum atomic E-state index is 11.7. The first-order valence-electron chi connectivity index (χ1n) is 6.71. The van der Waals surface area contributed by atoms with Gasteiger partial charge in [0.1, 0.15) is 6.10 Å². The van der Waals surface area contributed by atoms with E-state index in [1.54, 1.807) is 0 Å². The minimum absolute atomic E-state index is 0.0132. The molecule has 0 aromatic carbocycles. The van der Waals surface area contributed by atoms with Gasteiger partial charge in [-0.15, -0.1) is 0 Å². The molecule has 1 N–H and O–H groups in total. The summed E-state index contributed by atoms with van der Waals surface area (Å²) >= 11 is 0. The molecule has 3 aliphatic rings. The largest absolute Gasteiger partial charge is 0.458 e. The predicted octanol–water partition coefficient (Wildman–Crippen LogP) is 2.21. The van der Waals surface area contributed by atoms with Crippen molar-refractivity contribution in [1.82, 2.24) is 0 Å². The van der Waals surface area contributed by atoms with Crippen LogP contribution in [0.4, 0.5) is 0 Å². The van der Waals surface area contributed by atoms with E-state index >= 15 is 0 Å². The van der Waals surface area contributed by atoms with Crippen LogP contribution in [0.25, 0.3) is 0 Å². The van der Waals surface area contributed by atoms with Gasteiger partial charge in [0.2, 0.25) is 0 Å². The molecule has 0 spiro atoms. The van der Waals surface area contributed by atoms with Crippen LogP contribution >= 0.6 is 0 Å². The molecule has 18 heavy (non-hydrogen) atoms. The second-order valence-corrected chi connectivity index (χ2v) is 6.23. The van der Waals surface area contributed by atoms with E-state index in [2.05, 4.69) is 13.2 Å². The van der Waals surface area contributed by atoms with E-state index in [4.69, 9.17) is 4.74 Å². The van der Waals surface area contributed by atoms with Gasteiger partial charge in [-0.25, -0.2) is 4.79 Å². The number of fused-ring (bicyclic) bond motifs is 3. The van der Waals surface area contributed by atoms with E-state index in [0.29, 0.717) is 5.57 Å². The van der Waals surface area contributed by atoms with Gasteiger partial charge in [-0.1, -0.05) is 18.7 Å². The molecule has 1 aliphatic heterocycles. The van der Waals surface area contributed by atoms with Crippen molar-refractivity contribution in [1.29, 1.82) is 0 Å². The molecule has 0 aromatic rings. The van der Waals surface area contributed by atoms with Gasteiger partial charge in [-0.3, -0.25) is 0 Å². The fourth-order valence-corrected chi connectivity index (χ4v) is 4.09. The molecule has 3 rings (SSSR count). The molecule has 1 heterocycles. The van der Waals surface area contributed by atoms with E-state index < -0.39 is 5.60 Å². The van der Waals surface area contributed by atoms with E-state index in [1.165, 1.54) is 5.57 Å². The van der Waals surface area contributed by atoms with Crippen LogP contribution in [0.5, 0.6) is 0 Å². The summed E-state index contributed by atoms with van der Waals surface area (Å²) in [4.78, 5) is 11.7. The summed E-state index contributed by atoms with van der Waals surface area (Å²) in [5, 5.41) is 10.6. The molecule has 3 heteroatoms. The van der Waals surface area contributed by atoms with Crippen molar-refractivity contribution < 1.29 is 14.6 Å². The Hall–Kier alpha value is -1.09. The SMILES string of the molecule is C=C1CC[C@H]2C(=C)C(=O)O[C@@H]2[C@@H]2C1CC[C@@]2(C)O. The summed E-state index contributed by atoms with van der Waals surface area (Å²) in [5.74, 6) is 0.0576. The number of rotatable bonds is 0. The quantitative estimate of drug-likeness (QED) is 0.406. The summed E-state index contributed by atoms with van der Waals surface area (Å²) in [6.07, 6.45) is 3.29. The number of ether oxygens (including phenoxy) is 1. The average molecular weight is 248 g/mol. The van der Waals surface area contributed by atoms with Gasteiger partial charge >= 0.3 is 5.97 Å². The van der Waals surface area contributed by atoms with Gasteiger partial charge in [-0.05, 0) is 38.5 Å². The first-order chi connectivity index (χ1) is 8.42. The van der Waals surface area contributed by atoms with Crippen molar-refractivity contribution in [2.75, 3.05) is 0 Å². The van der Waals surface area contributed by atoms with Crippen LogP contribution in [0.2, 0.25) is 0 Å². The van der Waals surface area contributed by atoms with E-state index in [0.717, 1.165) is 25.7 Å². The topological polar surface area (TPSA) is 46.5 Å². The first kappa shape index (κ1) is 12.0. The highest BCUT2D eigenvalue weighted by molar-refractivity contribution is 5.90. The molecular weight excluding hydrogens is 228 g/mol. The van der Waals surface area contributed by atoms with Crippen molar-refractivity contribution in [3.63, 3.8) is 0 Å². The van der Waals surface area contributed by atoms with Crippen molar-refractivity contribution >= 4 is 5.97 Å². The highest BCUT2D eigenvalue weighted by Gasteiger charge is 2.56. The highest BCUT2D eigenvalue weighted by Crippen LogP contribution is 2.53. The van der Waals surface area contributed by atoms with Crippen LogP contribution in [0.15, 0.2) is 24.3 Å². The van der Waals surface area contributed by atoms with Crippen LogP contribution in [0.1, 0.15) is 32.6 Å². The van der Waals surface area contributed by atoms with Gasteiger partial charge in [0.15, 0.2) is 0 Å². The lowest BCUT2D eigenvalue weighted by atomic mass is 9.77. The van der Waals surface area contributed by atoms with Crippen LogP contribution in [-0.2, 0) is 9.53 Å². The number of aliphatic hydroxyl groups is 1. The molecule has 1 saturated heterocycles. The number of carbonyl (C=O) groups excluding carboxylic acids is 1. The lowest BCUT2D eigenvalue weighted by Gasteiger charge is -2.34. The van der Waals surface area contributed by atoms with Gasteiger partial charge < -0.3 is 9.84 Å². The minimum Gasteiger partial charge on any atom is -0.458 e. The van der Waals surface area contributed by atoms with Gasteiger partial charge in [0.05, 0.1) is 5.60 Å². The summed E-state index contributed by atoms with van der Waals surface area (Å²) in [6, 6.07) is 0. The fraction of sp³-hybridized carbons (Fsp3) is 0.667. The highest BCUT2D eigenvalue weighted by atomic mass is 16.6. The van der Waals surface area contributed by atoms with E-state index in [1.807, 2.05) is 6.92 Å². The zero-order valence-electron chi connectivity index (χ0n) is 10.8. The van der Waals surface area contributed by atoms with Gasteiger partial charge in [0, 0.05) is 17.4 Å². The maximum absolute atomic E-state index is 11.7. The number of esters is 1. The smallest absolute Gasteiger partial charge is 0.334 e. The van der Waals surface area contributed by atoms with Crippen molar-refractivity contribution in [3.05, 3.63) is 24.3 Å². The molecule has 0 aromatic heterocycles. The predicted molar refractivity (Wildman–Crippen MR) is 67.7 cm³/mol. The van der Waals surface area contributed by atoms with Crippen LogP contribution in [0.3, 0.4) is 0 Å². The van der Waals surface area contributed by atoms with Gasteiger partial charge in [-0.2, -0.15) is 0 Å². The van der Waals surface area contributed by atoms with Gasteiger partial charge in [0.25, 0.3) is 0 Å². The summed E-state index contributed by atoms with van der Waals surface area (Å²) in [6.45, 7) is 9.90. The van der Waals surface area contributed by atoms with E-state index in [9.17, 15) is 9.90 Å². The maximum Gasteiger partial charge on any atom is 0.334 e. The second-order valence-electron chi connectivity index (χ2n) is 6.23. The number of hydrogen-bond acceptors (Lipinski definition) is 3. The Kier molecular flexibility index (Phi) is 2.46. The molecule has 0 amide bonds. The van der Waals surface area contributed by atoms with Crippen molar-refractivity contribution in [2.45, 2.75) is 44.3 Å². The van der Waals surface area contributed by atoms with E-state index in [-0.39, 0.29) is 29.8 Å². The Balaban J connectivity index is 2.02. The van der Waals surface area contributed by atoms with Crippen molar-refractivity contribution in [2.24, 2.45) is 17.8 Å². The molecular formula is C15H20O3.